The second-order valence-corrected chi connectivity index (χ2v) is 4.39. The summed E-state index contributed by atoms with van der Waals surface area (Å²) in [5, 5.41) is 8.92. The van der Waals surface area contributed by atoms with E-state index < -0.39 is 5.97 Å². The minimum atomic E-state index is -0.865. The van der Waals surface area contributed by atoms with E-state index in [0.29, 0.717) is 23.7 Å². The van der Waals surface area contributed by atoms with Crippen molar-refractivity contribution in [1.82, 2.24) is 9.88 Å². The lowest BCUT2D eigenvalue weighted by molar-refractivity contribution is -0.139. The van der Waals surface area contributed by atoms with Gasteiger partial charge in [-0.05, 0) is 13.8 Å². The first kappa shape index (κ1) is 15.2. The number of carboxylic acids is 1. The summed E-state index contributed by atoms with van der Waals surface area (Å²) in [5.74, 6) is 0.267. The number of nitrogens with zero attached hydrogens (tertiary/aromatic N) is 2. The Balaban J connectivity index is 2.98. The molecule has 0 aromatic carbocycles. The highest BCUT2D eigenvalue weighted by Gasteiger charge is 2.18. The van der Waals surface area contributed by atoms with Crippen LogP contribution in [0.4, 0.5) is 0 Å². The standard InChI is InChI=1S/C13H20N2O4/c1-9(2)15(8-12(16)17)7-10-13(19-4)11(18-3)5-6-14-10/h5-6,9H,7-8H2,1-4H3,(H,16,17). The lowest BCUT2D eigenvalue weighted by Crippen LogP contribution is -2.35. The predicted octanol–water partition coefficient (Wildman–Crippen LogP) is 1.39. The number of hydrogen-bond donors (Lipinski definition) is 1. The van der Waals surface area contributed by atoms with Crippen molar-refractivity contribution < 1.29 is 19.4 Å². The van der Waals surface area contributed by atoms with E-state index in [1.807, 2.05) is 13.8 Å². The molecule has 0 atom stereocenters. The van der Waals surface area contributed by atoms with Crippen LogP contribution in [0.5, 0.6) is 11.5 Å². The van der Waals surface area contributed by atoms with Gasteiger partial charge in [0.25, 0.3) is 0 Å². The van der Waals surface area contributed by atoms with Crippen LogP contribution in [-0.4, -0.2) is 47.8 Å². The van der Waals surface area contributed by atoms with E-state index in [1.165, 1.54) is 0 Å². The zero-order valence-electron chi connectivity index (χ0n) is 11.7. The van der Waals surface area contributed by atoms with Gasteiger partial charge in [0.05, 0.1) is 20.8 Å². The number of rotatable bonds is 7. The molecular weight excluding hydrogens is 248 g/mol. The zero-order chi connectivity index (χ0) is 14.4. The van der Waals surface area contributed by atoms with Crippen LogP contribution in [-0.2, 0) is 11.3 Å². The topological polar surface area (TPSA) is 71.9 Å². The molecule has 1 N–H and O–H groups in total. The molecule has 0 amide bonds. The third kappa shape index (κ3) is 4.10. The minimum absolute atomic E-state index is 0.0420. The van der Waals surface area contributed by atoms with Gasteiger partial charge in [-0.15, -0.1) is 0 Å². The van der Waals surface area contributed by atoms with Crippen LogP contribution < -0.4 is 9.47 Å². The molecule has 0 aliphatic rings. The maximum absolute atomic E-state index is 10.9. The van der Waals surface area contributed by atoms with Gasteiger partial charge < -0.3 is 14.6 Å². The van der Waals surface area contributed by atoms with E-state index in [0.717, 1.165) is 0 Å². The van der Waals surface area contributed by atoms with Crippen molar-refractivity contribution in [1.29, 1.82) is 0 Å². The SMILES string of the molecule is COc1ccnc(CN(CC(=O)O)C(C)C)c1OC. The van der Waals surface area contributed by atoms with Gasteiger partial charge in [-0.1, -0.05) is 0 Å². The van der Waals surface area contributed by atoms with Gasteiger partial charge in [-0.3, -0.25) is 14.7 Å². The van der Waals surface area contributed by atoms with Gasteiger partial charge in [0.1, 0.15) is 5.69 Å². The summed E-state index contributed by atoms with van der Waals surface area (Å²) in [7, 11) is 3.10. The van der Waals surface area contributed by atoms with Crippen LogP contribution in [0.2, 0.25) is 0 Å². The van der Waals surface area contributed by atoms with Gasteiger partial charge in [0.15, 0.2) is 11.5 Å². The maximum Gasteiger partial charge on any atom is 0.317 e. The summed E-state index contributed by atoms with van der Waals surface area (Å²) in [5.41, 5.74) is 0.664. The first-order valence-corrected chi connectivity index (χ1v) is 6.01. The number of methoxy groups -OCH3 is 2. The van der Waals surface area contributed by atoms with Crippen LogP contribution >= 0.6 is 0 Å². The van der Waals surface area contributed by atoms with E-state index in [1.54, 1.807) is 31.4 Å². The third-order valence-corrected chi connectivity index (χ3v) is 2.79. The van der Waals surface area contributed by atoms with Crippen molar-refractivity contribution in [3.05, 3.63) is 18.0 Å². The molecular formula is C13H20N2O4. The molecule has 6 heteroatoms. The molecule has 6 nitrogen and oxygen atoms in total. The summed E-state index contributed by atoms with van der Waals surface area (Å²) in [6, 6.07) is 1.80. The lowest BCUT2D eigenvalue weighted by Gasteiger charge is -2.25. The zero-order valence-corrected chi connectivity index (χ0v) is 11.7. The summed E-state index contributed by atoms with van der Waals surface area (Å²) in [4.78, 5) is 16.9. The first-order valence-electron chi connectivity index (χ1n) is 6.01. The minimum Gasteiger partial charge on any atom is -0.493 e. The Morgan fingerprint density at radius 3 is 2.58 bits per heavy atom. The molecule has 0 bridgehead atoms. The van der Waals surface area contributed by atoms with Gasteiger partial charge in [0.2, 0.25) is 0 Å². The molecule has 1 heterocycles. The molecule has 0 saturated heterocycles. The van der Waals surface area contributed by atoms with Crippen molar-refractivity contribution >= 4 is 5.97 Å². The normalized spacial score (nSPS) is 10.8. The lowest BCUT2D eigenvalue weighted by atomic mass is 10.2. The molecule has 0 aliphatic heterocycles. The molecule has 1 aromatic heterocycles. The Morgan fingerprint density at radius 1 is 1.42 bits per heavy atom. The Bertz CT molecular complexity index is 435. The Hall–Kier alpha value is -1.82. The molecule has 0 saturated carbocycles. The molecule has 106 valence electrons. The Kier molecular flexibility index (Phi) is 5.57. The van der Waals surface area contributed by atoms with E-state index in [4.69, 9.17) is 14.6 Å². The number of carbonyl (C=O) groups is 1. The molecule has 0 spiro atoms. The van der Waals surface area contributed by atoms with E-state index in [-0.39, 0.29) is 12.6 Å². The monoisotopic (exact) mass is 268 g/mol. The largest absolute Gasteiger partial charge is 0.493 e. The highest BCUT2D eigenvalue weighted by molar-refractivity contribution is 5.69. The quantitative estimate of drug-likeness (QED) is 0.805. The Morgan fingerprint density at radius 2 is 2.11 bits per heavy atom. The molecule has 0 fully saturated rings. The average Bonchev–Trinajstić information content (AvgIpc) is 2.36. The number of aliphatic carboxylic acids is 1. The second kappa shape index (κ2) is 6.94. The molecule has 0 unspecified atom stereocenters. The van der Waals surface area contributed by atoms with Crippen molar-refractivity contribution in [2.24, 2.45) is 0 Å². The smallest absolute Gasteiger partial charge is 0.317 e. The number of aromatic nitrogens is 1. The van der Waals surface area contributed by atoms with Gasteiger partial charge >= 0.3 is 5.97 Å². The molecule has 0 aliphatic carbocycles. The van der Waals surface area contributed by atoms with Crippen molar-refractivity contribution in [2.45, 2.75) is 26.4 Å². The number of ether oxygens (including phenoxy) is 2. The summed E-state index contributed by atoms with van der Waals surface area (Å²) in [6.07, 6.45) is 1.62. The van der Waals surface area contributed by atoms with Gasteiger partial charge in [-0.25, -0.2) is 0 Å². The number of carboxylic acid groups (broad SMARTS) is 1. The van der Waals surface area contributed by atoms with Crippen LogP contribution in [0.1, 0.15) is 19.5 Å². The van der Waals surface area contributed by atoms with Crippen LogP contribution in [0.15, 0.2) is 12.3 Å². The fourth-order valence-electron chi connectivity index (χ4n) is 1.75. The Labute approximate surface area is 113 Å². The molecule has 1 aromatic rings. The highest BCUT2D eigenvalue weighted by atomic mass is 16.5. The summed E-state index contributed by atoms with van der Waals surface area (Å²) >= 11 is 0. The summed E-state index contributed by atoms with van der Waals surface area (Å²) in [6.45, 7) is 4.23. The number of pyridine rings is 1. The molecule has 0 radical (unpaired) electrons. The summed E-state index contributed by atoms with van der Waals surface area (Å²) < 4.78 is 10.5. The maximum atomic E-state index is 10.9. The van der Waals surface area contributed by atoms with E-state index >= 15 is 0 Å². The van der Waals surface area contributed by atoms with Crippen LogP contribution in [0, 0.1) is 0 Å². The van der Waals surface area contributed by atoms with E-state index in [2.05, 4.69) is 4.98 Å². The third-order valence-electron chi connectivity index (χ3n) is 2.79. The average molecular weight is 268 g/mol. The van der Waals surface area contributed by atoms with Gasteiger partial charge in [0, 0.05) is 24.8 Å². The van der Waals surface area contributed by atoms with Gasteiger partial charge in [-0.2, -0.15) is 0 Å². The highest BCUT2D eigenvalue weighted by Crippen LogP contribution is 2.29. The van der Waals surface area contributed by atoms with Crippen LogP contribution in [0.25, 0.3) is 0 Å². The fourth-order valence-corrected chi connectivity index (χ4v) is 1.75. The number of hydrogen-bond acceptors (Lipinski definition) is 5. The van der Waals surface area contributed by atoms with E-state index in [9.17, 15) is 4.79 Å². The molecule has 1 rings (SSSR count). The van der Waals surface area contributed by atoms with Crippen molar-refractivity contribution in [3.63, 3.8) is 0 Å². The molecule has 19 heavy (non-hydrogen) atoms. The first-order chi connectivity index (χ1) is 8.99. The van der Waals surface area contributed by atoms with Crippen LogP contribution in [0.3, 0.4) is 0 Å². The van der Waals surface area contributed by atoms with Crippen molar-refractivity contribution in [2.75, 3.05) is 20.8 Å². The van der Waals surface area contributed by atoms with Crippen molar-refractivity contribution in [3.8, 4) is 11.5 Å². The fraction of sp³-hybridized carbons (Fsp3) is 0.538. The predicted molar refractivity (Wildman–Crippen MR) is 70.5 cm³/mol. The second-order valence-electron chi connectivity index (χ2n) is 4.39.